The fourth-order valence-corrected chi connectivity index (χ4v) is 3.84. The molecule has 3 aromatic rings. The monoisotopic (exact) mass is 419 g/mol. The standard InChI is InChI=1S/C25H26FN3O2/c1-17(24(18-10-4-2-5-11-18)19-12-6-3-7-13-19)28-23(30)16-22(29-25(27)31)20-14-8-9-15-21(20)26/h2-15,17,22,24H,16H2,1H3,(H,28,30)(H3,27,29,31)/t17-,22+/m0/s1. The lowest BCUT2D eigenvalue weighted by molar-refractivity contribution is -0.122. The molecule has 0 spiro atoms. The molecule has 3 rings (SSSR count). The predicted octanol–water partition coefficient (Wildman–Crippen LogP) is 4.26. The summed E-state index contributed by atoms with van der Waals surface area (Å²) in [5.41, 5.74) is 7.61. The maximum atomic E-state index is 14.3. The van der Waals surface area contributed by atoms with E-state index in [9.17, 15) is 14.0 Å². The van der Waals surface area contributed by atoms with Crippen molar-refractivity contribution >= 4 is 11.9 Å². The highest BCUT2D eigenvalue weighted by Gasteiger charge is 2.25. The average molecular weight is 420 g/mol. The van der Waals surface area contributed by atoms with Gasteiger partial charge in [0.1, 0.15) is 5.82 Å². The van der Waals surface area contributed by atoms with E-state index in [0.29, 0.717) is 0 Å². The van der Waals surface area contributed by atoms with Crippen LogP contribution in [-0.4, -0.2) is 18.0 Å². The third kappa shape index (κ3) is 5.92. The van der Waals surface area contributed by atoms with Gasteiger partial charge in [-0.2, -0.15) is 0 Å². The van der Waals surface area contributed by atoms with E-state index < -0.39 is 17.9 Å². The Morgan fingerprint density at radius 2 is 1.35 bits per heavy atom. The third-order valence-corrected chi connectivity index (χ3v) is 5.19. The molecule has 0 aliphatic carbocycles. The molecule has 3 aromatic carbocycles. The van der Waals surface area contributed by atoms with Gasteiger partial charge in [0.05, 0.1) is 12.5 Å². The van der Waals surface area contributed by atoms with E-state index in [1.54, 1.807) is 12.1 Å². The van der Waals surface area contributed by atoms with Gasteiger partial charge in [-0.1, -0.05) is 78.9 Å². The zero-order chi connectivity index (χ0) is 22.2. The molecular formula is C25H26FN3O2. The number of hydrogen-bond donors (Lipinski definition) is 3. The van der Waals surface area contributed by atoms with E-state index in [4.69, 9.17) is 5.73 Å². The minimum Gasteiger partial charge on any atom is -0.353 e. The van der Waals surface area contributed by atoms with Crippen molar-refractivity contribution in [3.8, 4) is 0 Å². The van der Waals surface area contributed by atoms with Crippen LogP contribution in [0.5, 0.6) is 0 Å². The molecule has 0 unspecified atom stereocenters. The Morgan fingerprint density at radius 1 is 0.839 bits per heavy atom. The molecule has 5 nitrogen and oxygen atoms in total. The van der Waals surface area contributed by atoms with Gasteiger partial charge in [0, 0.05) is 17.5 Å². The van der Waals surface area contributed by atoms with E-state index >= 15 is 0 Å². The van der Waals surface area contributed by atoms with Gasteiger partial charge in [0.15, 0.2) is 0 Å². The predicted molar refractivity (Wildman–Crippen MR) is 119 cm³/mol. The Labute approximate surface area is 181 Å². The first-order chi connectivity index (χ1) is 15.0. The average Bonchev–Trinajstić information content (AvgIpc) is 2.75. The van der Waals surface area contributed by atoms with E-state index in [-0.39, 0.29) is 29.9 Å². The maximum Gasteiger partial charge on any atom is 0.312 e. The summed E-state index contributed by atoms with van der Waals surface area (Å²) in [5.74, 6) is -0.887. The van der Waals surface area contributed by atoms with Crippen LogP contribution >= 0.6 is 0 Å². The van der Waals surface area contributed by atoms with Crippen LogP contribution in [-0.2, 0) is 4.79 Å². The third-order valence-electron chi connectivity index (χ3n) is 5.19. The molecule has 0 heterocycles. The first kappa shape index (κ1) is 22.0. The number of nitrogens with two attached hydrogens (primary N) is 1. The van der Waals surface area contributed by atoms with Gasteiger partial charge >= 0.3 is 6.03 Å². The van der Waals surface area contributed by atoms with Crippen LogP contribution in [0.25, 0.3) is 0 Å². The number of rotatable bonds is 8. The number of benzene rings is 3. The van der Waals surface area contributed by atoms with Crippen LogP contribution in [0.1, 0.15) is 42.0 Å². The number of carbonyl (C=O) groups is 2. The van der Waals surface area contributed by atoms with Crippen molar-refractivity contribution in [2.75, 3.05) is 0 Å². The van der Waals surface area contributed by atoms with Crippen molar-refractivity contribution < 1.29 is 14.0 Å². The quantitative estimate of drug-likeness (QED) is 0.510. The van der Waals surface area contributed by atoms with Crippen LogP contribution in [0.4, 0.5) is 9.18 Å². The Morgan fingerprint density at radius 3 is 1.87 bits per heavy atom. The molecular weight excluding hydrogens is 393 g/mol. The molecule has 0 fully saturated rings. The van der Waals surface area contributed by atoms with Crippen molar-refractivity contribution in [2.24, 2.45) is 5.73 Å². The van der Waals surface area contributed by atoms with Crippen LogP contribution in [0.2, 0.25) is 0 Å². The van der Waals surface area contributed by atoms with Crippen LogP contribution in [0.3, 0.4) is 0 Å². The van der Waals surface area contributed by atoms with Gasteiger partial charge in [-0.15, -0.1) is 0 Å². The summed E-state index contributed by atoms with van der Waals surface area (Å²) in [6.45, 7) is 1.93. The SMILES string of the molecule is C[C@H](NC(=O)C[C@@H](NC(N)=O)c1ccccc1F)C(c1ccccc1)c1ccccc1. The number of nitrogens with one attached hydrogen (secondary N) is 2. The Bertz CT molecular complexity index is 972. The summed E-state index contributed by atoms with van der Waals surface area (Å²) in [4.78, 5) is 24.3. The second-order valence-electron chi connectivity index (χ2n) is 7.44. The molecule has 0 aromatic heterocycles. The molecule has 0 bridgehead atoms. The Kier molecular flexibility index (Phi) is 7.38. The molecule has 4 N–H and O–H groups in total. The molecule has 3 amide bonds. The van der Waals surface area contributed by atoms with E-state index in [0.717, 1.165) is 11.1 Å². The summed E-state index contributed by atoms with van der Waals surface area (Å²) in [5, 5.41) is 5.49. The zero-order valence-corrected chi connectivity index (χ0v) is 17.3. The molecule has 0 radical (unpaired) electrons. The van der Waals surface area contributed by atoms with Gasteiger partial charge in [-0.3, -0.25) is 4.79 Å². The number of carbonyl (C=O) groups excluding carboxylic acids is 2. The first-order valence-corrected chi connectivity index (χ1v) is 10.2. The number of halogens is 1. The van der Waals surface area contributed by atoms with Crippen molar-refractivity contribution in [2.45, 2.75) is 31.3 Å². The molecule has 0 saturated heterocycles. The van der Waals surface area contributed by atoms with Crippen molar-refractivity contribution in [3.63, 3.8) is 0 Å². The minimum absolute atomic E-state index is 0.0673. The Hall–Kier alpha value is -3.67. The van der Waals surface area contributed by atoms with Gasteiger partial charge in [-0.05, 0) is 24.1 Å². The molecule has 0 aliphatic rings. The number of urea groups is 1. The first-order valence-electron chi connectivity index (χ1n) is 10.2. The summed E-state index contributed by atoms with van der Waals surface area (Å²) in [7, 11) is 0. The lowest BCUT2D eigenvalue weighted by Crippen LogP contribution is -2.41. The second kappa shape index (κ2) is 10.4. The Balaban J connectivity index is 1.79. The number of hydrogen-bond acceptors (Lipinski definition) is 2. The molecule has 6 heteroatoms. The summed E-state index contributed by atoms with van der Waals surface area (Å²) in [6, 6.07) is 23.9. The highest BCUT2D eigenvalue weighted by Crippen LogP contribution is 2.28. The van der Waals surface area contributed by atoms with Crippen LogP contribution in [0.15, 0.2) is 84.9 Å². The molecule has 0 aliphatic heterocycles. The molecule has 0 saturated carbocycles. The van der Waals surface area contributed by atoms with Crippen molar-refractivity contribution in [1.29, 1.82) is 0 Å². The van der Waals surface area contributed by atoms with Gasteiger partial charge < -0.3 is 16.4 Å². The fraction of sp³-hybridized carbons (Fsp3) is 0.200. The lowest BCUT2D eigenvalue weighted by atomic mass is 9.85. The zero-order valence-electron chi connectivity index (χ0n) is 17.3. The molecule has 2 atom stereocenters. The smallest absolute Gasteiger partial charge is 0.312 e. The largest absolute Gasteiger partial charge is 0.353 e. The number of amides is 3. The molecule has 31 heavy (non-hydrogen) atoms. The van der Waals surface area contributed by atoms with Crippen LogP contribution in [0, 0.1) is 5.82 Å². The second-order valence-corrected chi connectivity index (χ2v) is 7.44. The van der Waals surface area contributed by atoms with Crippen LogP contribution < -0.4 is 16.4 Å². The van der Waals surface area contributed by atoms with Gasteiger partial charge in [0.2, 0.25) is 5.91 Å². The van der Waals surface area contributed by atoms with E-state index in [1.807, 2.05) is 67.6 Å². The normalized spacial score (nSPS) is 12.7. The fourth-order valence-electron chi connectivity index (χ4n) is 3.84. The van der Waals surface area contributed by atoms with Gasteiger partial charge in [0.25, 0.3) is 0 Å². The molecule has 160 valence electrons. The topological polar surface area (TPSA) is 84.2 Å². The van der Waals surface area contributed by atoms with E-state index in [2.05, 4.69) is 10.6 Å². The maximum absolute atomic E-state index is 14.3. The van der Waals surface area contributed by atoms with Crippen molar-refractivity contribution in [1.82, 2.24) is 10.6 Å². The van der Waals surface area contributed by atoms with Gasteiger partial charge in [-0.25, -0.2) is 9.18 Å². The van der Waals surface area contributed by atoms with Crippen molar-refractivity contribution in [3.05, 3.63) is 107 Å². The highest BCUT2D eigenvalue weighted by atomic mass is 19.1. The summed E-state index contributed by atoms with van der Waals surface area (Å²) in [6.07, 6.45) is -0.134. The highest BCUT2D eigenvalue weighted by molar-refractivity contribution is 5.79. The van der Waals surface area contributed by atoms with E-state index in [1.165, 1.54) is 12.1 Å². The lowest BCUT2D eigenvalue weighted by Gasteiger charge is -2.27. The summed E-state index contributed by atoms with van der Waals surface area (Å²) < 4.78 is 14.3. The minimum atomic E-state index is -0.863. The number of primary amides is 1. The summed E-state index contributed by atoms with van der Waals surface area (Å²) >= 11 is 0.